The Morgan fingerprint density at radius 1 is 1.39 bits per heavy atom. The smallest absolute Gasteiger partial charge is 0.296 e. The van der Waals surface area contributed by atoms with Crippen LogP contribution in [0.5, 0.6) is 0 Å². The number of aromatic nitrogens is 2. The van der Waals surface area contributed by atoms with Crippen LogP contribution in [0.15, 0.2) is 33.1 Å². The molecular formula is C12H11BrN2O2S. The third kappa shape index (κ3) is 2.22. The monoisotopic (exact) mass is 326 g/mol. The first-order chi connectivity index (χ1) is 8.65. The van der Waals surface area contributed by atoms with Gasteiger partial charge in [0.1, 0.15) is 0 Å². The standard InChI is InChI=1S/C12H11BrN2O2S/c13-11-4-3-10(18-11)9(16)7-14-5-6-15(12(14)17)8-1-2-8/h3-6,8H,1-2,7H2. The van der Waals surface area contributed by atoms with Crippen LogP contribution in [0.3, 0.4) is 0 Å². The SMILES string of the molecule is O=C(Cn1ccn(C2CC2)c1=O)c1ccc(Br)s1. The minimum absolute atomic E-state index is 0.0265. The summed E-state index contributed by atoms with van der Waals surface area (Å²) in [6.07, 6.45) is 5.60. The van der Waals surface area contributed by atoms with Gasteiger partial charge in [-0.15, -0.1) is 11.3 Å². The molecule has 0 N–H and O–H groups in total. The van der Waals surface area contributed by atoms with E-state index in [1.54, 1.807) is 23.0 Å². The van der Waals surface area contributed by atoms with E-state index in [4.69, 9.17) is 0 Å². The van der Waals surface area contributed by atoms with E-state index in [-0.39, 0.29) is 18.0 Å². The lowest BCUT2D eigenvalue weighted by Gasteiger charge is -1.99. The molecule has 0 spiro atoms. The first-order valence-electron chi connectivity index (χ1n) is 5.71. The van der Waals surface area contributed by atoms with E-state index >= 15 is 0 Å². The van der Waals surface area contributed by atoms with Gasteiger partial charge in [-0.05, 0) is 40.9 Å². The normalized spacial score (nSPS) is 14.9. The van der Waals surface area contributed by atoms with E-state index in [1.807, 2.05) is 6.07 Å². The molecule has 2 aromatic heterocycles. The molecule has 2 heterocycles. The Labute approximate surface area is 116 Å². The van der Waals surface area contributed by atoms with Crippen LogP contribution >= 0.6 is 27.3 Å². The molecule has 0 amide bonds. The molecule has 0 atom stereocenters. The van der Waals surface area contributed by atoms with Crippen molar-refractivity contribution in [3.05, 3.63) is 43.7 Å². The molecule has 4 nitrogen and oxygen atoms in total. The van der Waals surface area contributed by atoms with Crippen LogP contribution in [0.2, 0.25) is 0 Å². The van der Waals surface area contributed by atoms with E-state index in [0.717, 1.165) is 16.6 Å². The van der Waals surface area contributed by atoms with Gasteiger partial charge in [0.05, 0.1) is 15.2 Å². The summed E-state index contributed by atoms with van der Waals surface area (Å²) >= 11 is 4.72. The van der Waals surface area contributed by atoms with E-state index in [9.17, 15) is 9.59 Å². The number of carbonyl (C=O) groups is 1. The summed E-state index contributed by atoms with van der Waals surface area (Å²) in [6, 6.07) is 3.97. The molecular weight excluding hydrogens is 316 g/mol. The zero-order valence-corrected chi connectivity index (χ0v) is 11.9. The van der Waals surface area contributed by atoms with Gasteiger partial charge in [-0.25, -0.2) is 4.79 Å². The molecule has 2 aromatic rings. The molecule has 94 valence electrons. The average molecular weight is 327 g/mol. The van der Waals surface area contributed by atoms with Crippen molar-refractivity contribution in [3.8, 4) is 0 Å². The maximum Gasteiger partial charge on any atom is 0.328 e. The predicted octanol–water partition coefficient (Wildman–Crippen LogP) is 2.69. The molecule has 1 fully saturated rings. The largest absolute Gasteiger partial charge is 0.328 e. The number of rotatable bonds is 4. The quantitative estimate of drug-likeness (QED) is 0.811. The molecule has 0 bridgehead atoms. The van der Waals surface area contributed by atoms with Crippen LogP contribution in [0.1, 0.15) is 28.6 Å². The molecule has 3 rings (SSSR count). The highest BCUT2D eigenvalue weighted by molar-refractivity contribution is 9.11. The zero-order chi connectivity index (χ0) is 12.7. The summed E-state index contributed by atoms with van der Waals surface area (Å²) in [5, 5.41) is 0. The number of thiophene rings is 1. The second kappa shape index (κ2) is 4.51. The minimum atomic E-state index is -0.0820. The molecule has 0 aromatic carbocycles. The fraction of sp³-hybridized carbons (Fsp3) is 0.333. The second-order valence-corrected chi connectivity index (χ2v) is 6.84. The minimum Gasteiger partial charge on any atom is -0.296 e. The molecule has 1 aliphatic rings. The number of hydrogen-bond donors (Lipinski definition) is 0. The summed E-state index contributed by atoms with van der Waals surface area (Å²) in [5.41, 5.74) is -0.0820. The Kier molecular flexibility index (Phi) is 2.99. The number of nitrogens with zero attached hydrogens (tertiary/aromatic N) is 2. The van der Waals surface area contributed by atoms with E-state index in [2.05, 4.69) is 15.9 Å². The highest BCUT2D eigenvalue weighted by atomic mass is 79.9. The van der Waals surface area contributed by atoms with Crippen LogP contribution in [-0.4, -0.2) is 14.9 Å². The number of ketones is 1. The topological polar surface area (TPSA) is 44.0 Å². The number of imidazole rings is 1. The van der Waals surface area contributed by atoms with Gasteiger partial charge in [-0.2, -0.15) is 0 Å². The fourth-order valence-electron chi connectivity index (χ4n) is 1.88. The lowest BCUT2D eigenvalue weighted by Crippen LogP contribution is -2.26. The molecule has 6 heteroatoms. The average Bonchev–Trinajstić information content (AvgIpc) is 2.99. The Balaban J connectivity index is 1.80. The summed E-state index contributed by atoms with van der Waals surface area (Å²) in [7, 11) is 0. The molecule has 1 saturated carbocycles. The van der Waals surface area contributed by atoms with Gasteiger partial charge in [-0.1, -0.05) is 0 Å². The third-order valence-corrected chi connectivity index (χ3v) is 4.64. The molecule has 0 unspecified atom stereocenters. The Hall–Kier alpha value is -1.14. The first-order valence-corrected chi connectivity index (χ1v) is 7.32. The Morgan fingerprint density at radius 3 is 2.78 bits per heavy atom. The predicted molar refractivity (Wildman–Crippen MR) is 73.3 cm³/mol. The zero-order valence-electron chi connectivity index (χ0n) is 9.51. The lowest BCUT2D eigenvalue weighted by molar-refractivity contribution is 0.0974. The third-order valence-electron chi connectivity index (χ3n) is 2.98. The second-order valence-electron chi connectivity index (χ2n) is 4.37. The number of hydrogen-bond acceptors (Lipinski definition) is 3. The summed E-state index contributed by atoms with van der Waals surface area (Å²) in [6.45, 7) is 0.117. The van der Waals surface area contributed by atoms with Crippen LogP contribution < -0.4 is 5.69 Å². The Bertz CT molecular complexity index is 651. The molecule has 18 heavy (non-hydrogen) atoms. The number of Topliss-reactive ketones (excluding diaryl/α,β-unsaturated/α-hetero) is 1. The highest BCUT2D eigenvalue weighted by Crippen LogP contribution is 2.33. The van der Waals surface area contributed by atoms with Crippen molar-refractivity contribution in [2.75, 3.05) is 0 Å². The maximum absolute atomic E-state index is 12.0. The van der Waals surface area contributed by atoms with Crippen LogP contribution in [0, 0.1) is 0 Å². The first kappa shape index (κ1) is 11.9. The van der Waals surface area contributed by atoms with E-state index in [0.29, 0.717) is 10.9 Å². The van der Waals surface area contributed by atoms with Crippen LogP contribution in [0.25, 0.3) is 0 Å². The summed E-state index contributed by atoms with van der Waals surface area (Å²) in [4.78, 5) is 24.7. The van der Waals surface area contributed by atoms with Gasteiger partial charge in [0.2, 0.25) is 0 Å². The van der Waals surface area contributed by atoms with Gasteiger partial charge < -0.3 is 0 Å². The van der Waals surface area contributed by atoms with Gasteiger partial charge in [-0.3, -0.25) is 13.9 Å². The van der Waals surface area contributed by atoms with Crippen molar-refractivity contribution in [1.82, 2.24) is 9.13 Å². The fourth-order valence-corrected chi connectivity index (χ4v) is 3.19. The summed E-state index contributed by atoms with van der Waals surface area (Å²) < 4.78 is 4.13. The van der Waals surface area contributed by atoms with Crippen LogP contribution in [0.4, 0.5) is 0 Å². The van der Waals surface area contributed by atoms with Gasteiger partial charge in [0.15, 0.2) is 5.78 Å². The number of carbonyl (C=O) groups excluding carboxylic acids is 1. The van der Waals surface area contributed by atoms with E-state index < -0.39 is 0 Å². The van der Waals surface area contributed by atoms with Crippen LogP contribution in [-0.2, 0) is 6.54 Å². The van der Waals surface area contributed by atoms with Gasteiger partial charge in [0, 0.05) is 18.4 Å². The van der Waals surface area contributed by atoms with Crippen molar-refractivity contribution < 1.29 is 4.79 Å². The molecule has 0 aliphatic heterocycles. The lowest BCUT2D eigenvalue weighted by atomic mass is 10.3. The van der Waals surface area contributed by atoms with E-state index in [1.165, 1.54) is 15.9 Å². The van der Waals surface area contributed by atoms with Crippen molar-refractivity contribution in [1.29, 1.82) is 0 Å². The molecule has 0 radical (unpaired) electrons. The summed E-state index contributed by atoms with van der Waals surface area (Å²) in [5.74, 6) is -0.0265. The Morgan fingerprint density at radius 2 is 2.17 bits per heavy atom. The van der Waals surface area contributed by atoms with Gasteiger partial charge >= 0.3 is 5.69 Å². The molecule has 1 aliphatic carbocycles. The number of halogens is 1. The van der Waals surface area contributed by atoms with Crippen molar-refractivity contribution in [2.24, 2.45) is 0 Å². The van der Waals surface area contributed by atoms with Gasteiger partial charge in [0.25, 0.3) is 0 Å². The van der Waals surface area contributed by atoms with Crippen molar-refractivity contribution in [3.63, 3.8) is 0 Å². The van der Waals surface area contributed by atoms with Crippen molar-refractivity contribution in [2.45, 2.75) is 25.4 Å². The molecule has 0 saturated heterocycles. The van der Waals surface area contributed by atoms with Crippen molar-refractivity contribution >= 4 is 33.0 Å². The maximum atomic E-state index is 12.0. The highest BCUT2D eigenvalue weighted by Gasteiger charge is 2.25.